The van der Waals surface area contributed by atoms with E-state index in [1.807, 2.05) is 42.5 Å². The fourth-order valence-electron chi connectivity index (χ4n) is 3.22. The van der Waals surface area contributed by atoms with E-state index in [0.29, 0.717) is 10.8 Å². The van der Waals surface area contributed by atoms with Gasteiger partial charge in [-0.1, -0.05) is 42.5 Å². The molecule has 6 nitrogen and oxygen atoms in total. The average molecular weight is 387 g/mol. The van der Waals surface area contributed by atoms with E-state index in [9.17, 15) is 20.1 Å². The molecule has 0 saturated carbocycles. The average Bonchev–Trinajstić information content (AvgIpc) is 2.73. The summed E-state index contributed by atoms with van der Waals surface area (Å²) >= 11 is 0. The smallest absolute Gasteiger partial charge is 0.290 e. The van der Waals surface area contributed by atoms with Gasteiger partial charge in [0, 0.05) is 27.1 Å². The number of hydrogen-bond acceptors (Lipinski definition) is 5. The first-order chi connectivity index (χ1) is 14.0. The van der Waals surface area contributed by atoms with Crippen LogP contribution in [0.3, 0.4) is 0 Å². The number of para-hydroxylation sites is 1. The van der Waals surface area contributed by atoms with Crippen LogP contribution < -0.4 is 5.56 Å². The van der Waals surface area contributed by atoms with Gasteiger partial charge in [0.15, 0.2) is 17.2 Å². The van der Waals surface area contributed by atoms with Crippen LogP contribution in [0.1, 0.15) is 0 Å². The normalized spacial score (nSPS) is 10.8. The highest BCUT2D eigenvalue weighted by Gasteiger charge is 2.11. The molecule has 0 unspecified atom stereocenters. The number of pyridine rings is 1. The number of phenolic OH excluding ortho intramolecular Hbond substituents is 3. The van der Waals surface area contributed by atoms with Gasteiger partial charge < -0.3 is 25.4 Å². The molecule has 0 radical (unpaired) electrons. The fraction of sp³-hybridized carbons (Fsp3) is 0. The third kappa shape index (κ3) is 3.27. The second kappa shape index (κ2) is 7.09. The molecule has 0 saturated heterocycles. The molecule has 5 aromatic rings. The number of aromatic amines is 1. The predicted molar refractivity (Wildman–Crippen MR) is 113 cm³/mol. The van der Waals surface area contributed by atoms with Crippen LogP contribution in [0.2, 0.25) is 0 Å². The number of phenols is 3. The molecular formula is C23H17NO5. The molecule has 5 N–H and O–H groups in total. The fourth-order valence-corrected chi connectivity index (χ4v) is 3.22. The molecule has 0 atom stereocenters. The predicted octanol–water partition coefficient (Wildman–Crippen LogP) is 4.34. The molecule has 29 heavy (non-hydrogen) atoms. The largest absolute Gasteiger partial charge is 0.507 e. The summed E-state index contributed by atoms with van der Waals surface area (Å²) in [6.07, 6.45) is 0. The van der Waals surface area contributed by atoms with Gasteiger partial charge in [0.1, 0.15) is 5.75 Å². The second-order valence-electron chi connectivity index (χ2n) is 6.55. The first-order valence-electron chi connectivity index (χ1n) is 8.82. The summed E-state index contributed by atoms with van der Waals surface area (Å²) < 4.78 is 0. The number of hydrogen-bond donors (Lipinski definition) is 5. The van der Waals surface area contributed by atoms with Crippen molar-refractivity contribution in [2.45, 2.75) is 0 Å². The van der Waals surface area contributed by atoms with E-state index >= 15 is 0 Å². The van der Waals surface area contributed by atoms with Gasteiger partial charge in [-0.2, -0.15) is 0 Å². The third-order valence-electron chi connectivity index (χ3n) is 4.70. The molecule has 1 heterocycles. The third-order valence-corrected chi connectivity index (χ3v) is 4.70. The van der Waals surface area contributed by atoms with E-state index in [2.05, 4.69) is 4.98 Å². The number of nitrogens with one attached hydrogen (secondary N) is 1. The standard InChI is InChI=1S/C14H10O3.C9H7NO2/c15-12-6-5-10-11(14(12)17)7-8-3-1-2-4-9(8)13(10)16;11-8-5-6-3-1-2-4-7(6)10-9(8)12/h1-7,15-17H;1-5,11H,(H,10,12). The minimum atomic E-state index is -0.450. The van der Waals surface area contributed by atoms with E-state index in [4.69, 9.17) is 5.11 Å². The summed E-state index contributed by atoms with van der Waals surface area (Å²) in [4.78, 5) is 13.5. The van der Waals surface area contributed by atoms with Crippen molar-refractivity contribution in [1.82, 2.24) is 4.98 Å². The molecule has 0 aliphatic carbocycles. The quantitative estimate of drug-likeness (QED) is 0.200. The molecule has 6 heteroatoms. The number of aromatic hydroxyl groups is 4. The molecule has 0 fully saturated rings. The van der Waals surface area contributed by atoms with Crippen molar-refractivity contribution in [1.29, 1.82) is 0 Å². The zero-order chi connectivity index (χ0) is 20.5. The minimum absolute atomic E-state index is 0.119. The number of fused-ring (bicyclic) bond motifs is 3. The van der Waals surface area contributed by atoms with Gasteiger partial charge in [-0.15, -0.1) is 0 Å². The lowest BCUT2D eigenvalue weighted by molar-refractivity contribution is 0.408. The summed E-state index contributed by atoms with van der Waals surface area (Å²) in [5, 5.41) is 41.8. The van der Waals surface area contributed by atoms with Gasteiger partial charge in [0.2, 0.25) is 0 Å². The molecular weight excluding hydrogens is 370 g/mol. The highest BCUT2D eigenvalue weighted by atomic mass is 16.3. The Balaban J connectivity index is 0.000000150. The number of H-pyrrole nitrogens is 1. The van der Waals surface area contributed by atoms with Gasteiger partial charge in [-0.25, -0.2) is 0 Å². The van der Waals surface area contributed by atoms with Gasteiger partial charge in [-0.3, -0.25) is 4.79 Å². The molecule has 1 aromatic heterocycles. The Morgan fingerprint density at radius 3 is 2.07 bits per heavy atom. The highest BCUT2D eigenvalue weighted by molar-refractivity contribution is 6.07. The minimum Gasteiger partial charge on any atom is -0.507 e. The molecule has 0 amide bonds. The maximum atomic E-state index is 10.9. The Morgan fingerprint density at radius 1 is 0.586 bits per heavy atom. The lowest BCUT2D eigenvalue weighted by atomic mass is 10.0. The zero-order valence-electron chi connectivity index (χ0n) is 15.1. The first-order valence-corrected chi connectivity index (χ1v) is 8.82. The van der Waals surface area contributed by atoms with Crippen LogP contribution in [-0.2, 0) is 0 Å². The summed E-state index contributed by atoms with van der Waals surface area (Å²) in [5.74, 6) is -0.516. The summed E-state index contributed by atoms with van der Waals surface area (Å²) in [6, 6.07) is 20.8. The molecule has 0 spiro atoms. The Labute approximate surface area is 164 Å². The van der Waals surface area contributed by atoms with Crippen molar-refractivity contribution in [2.24, 2.45) is 0 Å². The van der Waals surface area contributed by atoms with E-state index in [-0.39, 0.29) is 23.0 Å². The monoisotopic (exact) mass is 387 g/mol. The highest BCUT2D eigenvalue weighted by Crippen LogP contribution is 2.41. The summed E-state index contributed by atoms with van der Waals surface area (Å²) in [7, 11) is 0. The van der Waals surface area contributed by atoms with Crippen molar-refractivity contribution in [2.75, 3.05) is 0 Å². The Kier molecular flexibility index (Phi) is 4.44. The molecule has 0 aliphatic heterocycles. The van der Waals surface area contributed by atoms with Gasteiger partial charge in [-0.05, 0) is 35.7 Å². The number of aromatic nitrogens is 1. The number of benzene rings is 4. The van der Waals surface area contributed by atoms with Crippen LogP contribution in [0.4, 0.5) is 0 Å². The van der Waals surface area contributed by atoms with Crippen molar-refractivity contribution in [3.8, 4) is 23.0 Å². The van der Waals surface area contributed by atoms with Crippen LogP contribution in [-0.4, -0.2) is 25.4 Å². The van der Waals surface area contributed by atoms with Gasteiger partial charge >= 0.3 is 0 Å². The lowest BCUT2D eigenvalue weighted by Crippen LogP contribution is -2.03. The molecule has 0 bridgehead atoms. The Hall–Kier alpha value is -4.19. The van der Waals surface area contributed by atoms with Crippen LogP contribution in [0.15, 0.2) is 77.6 Å². The Bertz CT molecular complexity index is 1420. The van der Waals surface area contributed by atoms with Crippen LogP contribution >= 0.6 is 0 Å². The molecule has 4 aromatic carbocycles. The van der Waals surface area contributed by atoms with Crippen molar-refractivity contribution < 1.29 is 20.4 Å². The number of rotatable bonds is 0. The summed E-state index contributed by atoms with van der Waals surface area (Å²) in [5.41, 5.74) is 0.286. The van der Waals surface area contributed by atoms with Crippen molar-refractivity contribution in [3.05, 3.63) is 83.2 Å². The van der Waals surface area contributed by atoms with Crippen LogP contribution in [0.5, 0.6) is 23.0 Å². The van der Waals surface area contributed by atoms with Crippen LogP contribution in [0.25, 0.3) is 32.4 Å². The molecule has 144 valence electrons. The van der Waals surface area contributed by atoms with E-state index in [0.717, 1.165) is 21.7 Å². The first kappa shape index (κ1) is 18.2. The van der Waals surface area contributed by atoms with Gasteiger partial charge in [0.05, 0.1) is 0 Å². The second-order valence-corrected chi connectivity index (χ2v) is 6.55. The topological polar surface area (TPSA) is 114 Å². The van der Waals surface area contributed by atoms with Crippen molar-refractivity contribution in [3.63, 3.8) is 0 Å². The Morgan fingerprint density at radius 2 is 1.28 bits per heavy atom. The van der Waals surface area contributed by atoms with Gasteiger partial charge in [0.25, 0.3) is 5.56 Å². The van der Waals surface area contributed by atoms with Crippen molar-refractivity contribution >= 4 is 32.4 Å². The zero-order valence-corrected chi connectivity index (χ0v) is 15.1. The summed E-state index contributed by atoms with van der Waals surface area (Å²) in [6.45, 7) is 0. The van der Waals surface area contributed by atoms with E-state index < -0.39 is 5.56 Å². The van der Waals surface area contributed by atoms with E-state index in [1.165, 1.54) is 12.1 Å². The van der Waals surface area contributed by atoms with Crippen LogP contribution in [0, 0.1) is 0 Å². The molecule has 5 rings (SSSR count). The molecule has 0 aliphatic rings. The maximum absolute atomic E-state index is 10.9. The SMILES string of the molecule is O=c1[nH]c2ccccc2cc1O.Oc1ccc2c(O)c3ccccc3cc2c1O. The lowest BCUT2D eigenvalue weighted by Gasteiger charge is -2.08. The van der Waals surface area contributed by atoms with E-state index in [1.54, 1.807) is 18.2 Å². The maximum Gasteiger partial charge on any atom is 0.290 e.